The molecule has 0 radical (unpaired) electrons. The quantitative estimate of drug-likeness (QED) is 0.828. The van der Waals surface area contributed by atoms with Gasteiger partial charge in [-0.05, 0) is 43.7 Å². The molecule has 120 valence electrons. The van der Waals surface area contributed by atoms with Crippen LogP contribution in [-0.4, -0.2) is 28.8 Å². The van der Waals surface area contributed by atoms with Gasteiger partial charge in [0.15, 0.2) is 0 Å². The Bertz CT molecular complexity index is 627. The topological polar surface area (TPSA) is 72.9 Å². The molecule has 0 saturated carbocycles. The van der Waals surface area contributed by atoms with E-state index >= 15 is 0 Å². The first kappa shape index (κ1) is 18.7. The van der Waals surface area contributed by atoms with E-state index in [1.807, 2.05) is 38.1 Å². The molecular weight excluding hydrogens is 368 g/mol. The summed E-state index contributed by atoms with van der Waals surface area (Å²) in [6, 6.07) is 7.78. The Morgan fingerprint density at radius 3 is 2.64 bits per heavy atom. The molecule has 7 heteroatoms. The number of nitrogens with two attached hydrogens (primary N) is 1. The minimum absolute atomic E-state index is 0. The Labute approximate surface area is 144 Å². The van der Waals surface area contributed by atoms with Gasteiger partial charge in [0.1, 0.15) is 0 Å². The fraction of sp³-hybridized carbons (Fsp3) is 0.333. The van der Waals surface area contributed by atoms with Crippen molar-refractivity contribution in [2.24, 2.45) is 11.7 Å². The van der Waals surface area contributed by atoms with E-state index in [2.05, 4.69) is 26.3 Å². The molecule has 2 rings (SSSR count). The van der Waals surface area contributed by atoms with Crippen LogP contribution in [0.3, 0.4) is 0 Å². The fourth-order valence-electron chi connectivity index (χ4n) is 1.92. The summed E-state index contributed by atoms with van der Waals surface area (Å²) in [5.74, 6) is 0.145. The van der Waals surface area contributed by atoms with Crippen LogP contribution < -0.4 is 11.1 Å². The number of carbonyl (C=O) groups excluding carboxylic acids is 1. The summed E-state index contributed by atoms with van der Waals surface area (Å²) in [6.07, 6.45) is 1.60. The lowest BCUT2D eigenvalue weighted by molar-refractivity contribution is 0.0948. The van der Waals surface area contributed by atoms with Crippen molar-refractivity contribution in [1.82, 2.24) is 15.1 Å². The average molecular weight is 388 g/mol. The Balaban J connectivity index is 0.00000242. The van der Waals surface area contributed by atoms with Crippen LogP contribution in [0.4, 0.5) is 0 Å². The van der Waals surface area contributed by atoms with E-state index in [1.165, 1.54) is 0 Å². The van der Waals surface area contributed by atoms with Crippen LogP contribution in [0.5, 0.6) is 0 Å². The van der Waals surface area contributed by atoms with Crippen molar-refractivity contribution in [3.8, 4) is 5.69 Å². The molecule has 1 atom stereocenters. The van der Waals surface area contributed by atoms with E-state index in [0.29, 0.717) is 18.7 Å². The van der Waals surface area contributed by atoms with Crippen molar-refractivity contribution in [2.75, 3.05) is 13.1 Å². The minimum Gasteiger partial charge on any atom is -0.352 e. The standard InChI is InChI=1S/C15H19BrN4O.ClH/c1-10(7-17)8-18-15(21)14-9-19-20(11(14)2)13-5-3-12(16)4-6-13;/h3-6,9-10H,7-8,17H2,1-2H3,(H,18,21);1H. The molecule has 0 aliphatic carbocycles. The van der Waals surface area contributed by atoms with E-state index in [4.69, 9.17) is 5.73 Å². The van der Waals surface area contributed by atoms with E-state index < -0.39 is 0 Å². The molecule has 0 bridgehead atoms. The van der Waals surface area contributed by atoms with Crippen LogP contribution in [0.15, 0.2) is 34.9 Å². The molecule has 0 aliphatic heterocycles. The summed E-state index contributed by atoms with van der Waals surface area (Å²) in [4.78, 5) is 12.2. The Morgan fingerprint density at radius 1 is 1.41 bits per heavy atom. The number of hydrogen-bond donors (Lipinski definition) is 2. The molecule has 1 aromatic carbocycles. The second-order valence-electron chi connectivity index (χ2n) is 5.08. The van der Waals surface area contributed by atoms with Gasteiger partial charge in [0, 0.05) is 11.0 Å². The Hall–Kier alpha value is -1.37. The lowest BCUT2D eigenvalue weighted by atomic mass is 10.1. The molecular formula is C15H20BrClN4O. The number of nitrogens with zero attached hydrogens (tertiary/aromatic N) is 2. The van der Waals surface area contributed by atoms with Gasteiger partial charge in [-0.3, -0.25) is 4.79 Å². The lowest BCUT2D eigenvalue weighted by Crippen LogP contribution is -2.31. The normalized spacial score (nSPS) is 11.6. The molecule has 1 aromatic heterocycles. The van der Waals surface area contributed by atoms with Crippen LogP contribution in [-0.2, 0) is 0 Å². The van der Waals surface area contributed by atoms with E-state index in [0.717, 1.165) is 15.9 Å². The maximum atomic E-state index is 12.2. The molecule has 1 heterocycles. The van der Waals surface area contributed by atoms with Crippen LogP contribution in [0, 0.1) is 12.8 Å². The molecule has 0 saturated heterocycles. The van der Waals surface area contributed by atoms with Gasteiger partial charge in [-0.15, -0.1) is 12.4 Å². The molecule has 0 fully saturated rings. The molecule has 22 heavy (non-hydrogen) atoms. The van der Waals surface area contributed by atoms with Crippen LogP contribution >= 0.6 is 28.3 Å². The Kier molecular flexibility index (Phi) is 7.06. The molecule has 5 nitrogen and oxygen atoms in total. The number of rotatable bonds is 5. The second-order valence-corrected chi connectivity index (χ2v) is 6.00. The van der Waals surface area contributed by atoms with Crippen LogP contribution in [0.2, 0.25) is 0 Å². The molecule has 1 unspecified atom stereocenters. The van der Waals surface area contributed by atoms with Crippen molar-refractivity contribution in [3.63, 3.8) is 0 Å². The summed E-state index contributed by atoms with van der Waals surface area (Å²) >= 11 is 3.40. The minimum atomic E-state index is -0.115. The highest BCUT2D eigenvalue weighted by Gasteiger charge is 2.15. The SMILES string of the molecule is Cc1c(C(=O)NCC(C)CN)cnn1-c1ccc(Br)cc1.Cl. The molecule has 0 spiro atoms. The predicted octanol–water partition coefficient (Wildman–Crippen LogP) is 2.69. The van der Waals surface area contributed by atoms with Gasteiger partial charge >= 0.3 is 0 Å². The lowest BCUT2D eigenvalue weighted by Gasteiger charge is -2.10. The van der Waals surface area contributed by atoms with Gasteiger partial charge in [0.05, 0.1) is 23.1 Å². The second kappa shape index (κ2) is 8.31. The van der Waals surface area contributed by atoms with E-state index in [-0.39, 0.29) is 24.2 Å². The number of carbonyl (C=O) groups is 1. The van der Waals surface area contributed by atoms with Crippen molar-refractivity contribution in [2.45, 2.75) is 13.8 Å². The maximum Gasteiger partial charge on any atom is 0.254 e. The van der Waals surface area contributed by atoms with E-state index in [9.17, 15) is 4.79 Å². The third-order valence-electron chi connectivity index (χ3n) is 3.34. The van der Waals surface area contributed by atoms with Gasteiger partial charge in [-0.1, -0.05) is 22.9 Å². The monoisotopic (exact) mass is 386 g/mol. The maximum absolute atomic E-state index is 12.2. The zero-order valence-electron chi connectivity index (χ0n) is 12.5. The number of hydrogen-bond acceptors (Lipinski definition) is 3. The molecule has 2 aromatic rings. The highest BCUT2D eigenvalue weighted by Crippen LogP contribution is 2.17. The zero-order valence-corrected chi connectivity index (χ0v) is 14.9. The van der Waals surface area contributed by atoms with Gasteiger partial charge in [-0.25, -0.2) is 4.68 Å². The van der Waals surface area contributed by atoms with Gasteiger partial charge < -0.3 is 11.1 Å². The fourth-order valence-corrected chi connectivity index (χ4v) is 2.18. The summed E-state index contributed by atoms with van der Waals surface area (Å²) in [5, 5.41) is 7.18. The number of halogens is 2. The molecule has 0 aliphatic rings. The first-order chi connectivity index (χ1) is 10.0. The number of amides is 1. The number of nitrogens with one attached hydrogen (secondary N) is 1. The Morgan fingerprint density at radius 2 is 2.05 bits per heavy atom. The van der Waals surface area contributed by atoms with Crippen molar-refractivity contribution >= 4 is 34.2 Å². The predicted molar refractivity (Wildman–Crippen MR) is 93.8 cm³/mol. The van der Waals surface area contributed by atoms with E-state index in [1.54, 1.807) is 10.9 Å². The summed E-state index contributed by atoms with van der Waals surface area (Å²) < 4.78 is 2.76. The summed E-state index contributed by atoms with van der Waals surface area (Å²) in [6.45, 7) is 5.00. The molecule has 1 amide bonds. The third kappa shape index (κ3) is 4.32. The third-order valence-corrected chi connectivity index (χ3v) is 3.87. The zero-order chi connectivity index (χ0) is 15.4. The van der Waals surface area contributed by atoms with Crippen molar-refractivity contribution < 1.29 is 4.79 Å². The highest BCUT2D eigenvalue weighted by molar-refractivity contribution is 9.10. The smallest absolute Gasteiger partial charge is 0.254 e. The molecule has 3 N–H and O–H groups in total. The largest absolute Gasteiger partial charge is 0.352 e. The number of aromatic nitrogens is 2. The van der Waals surface area contributed by atoms with Crippen molar-refractivity contribution in [3.05, 3.63) is 46.2 Å². The van der Waals surface area contributed by atoms with Crippen molar-refractivity contribution in [1.29, 1.82) is 0 Å². The van der Waals surface area contributed by atoms with Crippen LogP contribution in [0.1, 0.15) is 23.0 Å². The number of benzene rings is 1. The summed E-state index contributed by atoms with van der Waals surface area (Å²) in [5.41, 5.74) is 7.87. The van der Waals surface area contributed by atoms with Gasteiger partial charge in [0.2, 0.25) is 0 Å². The average Bonchev–Trinajstić information content (AvgIpc) is 2.87. The highest BCUT2D eigenvalue weighted by atomic mass is 79.9. The summed E-state index contributed by atoms with van der Waals surface area (Å²) in [7, 11) is 0. The van der Waals surface area contributed by atoms with Gasteiger partial charge in [0.25, 0.3) is 5.91 Å². The van der Waals surface area contributed by atoms with Crippen LogP contribution in [0.25, 0.3) is 5.69 Å². The van der Waals surface area contributed by atoms with Gasteiger partial charge in [-0.2, -0.15) is 5.10 Å². The first-order valence-corrected chi connectivity index (χ1v) is 7.61. The first-order valence-electron chi connectivity index (χ1n) is 6.81.